The van der Waals surface area contributed by atoms with Gasteiger partial charge in [0.2, 0.25) is 11.8 Å². The average molecular weight is 505 g/mol. The van der Waals surface area contributed by atoms with E-state index in [2.05, 4.69) is 5.32 Å². The molecule has 2 aromatic carbocycles. The number of rotatable bonds is 13. The molecular weight excluding hydrogens is 468 g/mol. The van der Waals surface area contributed by atoms with E-state index in [1.165, 1.54) is 19.0 Å². The summed E-state index contributed by atoms with van der Waals surface area (Å²) in [6, 6.07) is 14.9. The summed E-state index contributed by atoms with van der Waals surface area (Å²) in [5, 5.41) is 2.86. The number of nitrogens with zero attached hydrogens (tertiary/aromatic N) is 3. The second-order valence-electron chi connectivity index (χ2n) is 8.22. The van der Waals surface area contributed by atoms with Crippen molar-refractivity contribution in [1.29, 1.82) is 0 Å². The fourth-order valence-corrected chi connectivity index (χ4v) is 4.62. The van der Waals surface area contributed by atoms with Crippen LogP contribution in [0.5, 0.6) is 5.75 Å². The van der Waals surface area contributed by atoms with E-state index in [0.29, 0.717) is 24.4 Å². The van der Waals surface area contributed by atoms with E-state index in [4.69, 9.17) is 4.74 Å². The lowest BCUT2D eigenvalue weighted by Crippen LogP contribution is -2.53. The topological polar surface area (TPSA) is 99.3 Å². The molecule has 0 spiro atoms. The van der Waals surface area contributed by atoms with Crippen LogP contribution in [-0.2, 0) is 26.3 Å². The minimum atomic E-state index is -3.97. The largest absolute Gasteiger partial charge is 0.497 e. The second kappa shape index (κ2) is 13.1. The molecule has 0 aliphatic heterocycles. The average Bonchev–Trinajstić information content (AvgIpc) is 2.86. The summed E-state index contributed by atoms with van der Waals surface area (Å²) in [4.78, 5) is 28.2. The van der Waals surface area contributed by atoms with Crippen LogP contribution >= 0.6 is 0 Å². The van der Waals surface area contributed by atoms with Gasteiger partial charge in [0.1, 0.15) is 18.3 Å². The van der Waals surface area contributed by atoms with Crippen molar-refractivity contribution in [3.8, 4) is 5.75 Å². The zero-order valence-corrected chi connectivity index (χ0v) is 21.9. The van der Waals surface area contributed by atoms with Crippen molar-refractivity contribution in [2.75, 3.05) is 38.6 Å². The van der Waals surface area contributed by atoms with Crippen molar-refractivity contribution >= 4 is 27.7 Å². The van der Waals surface area contributed by atoms with Crippen LogP contribution in [0.25, 0.3) is 0 Å². The Balaban J connectivity index is 2.47. The zero-order valence-electron chi connectivity index (χ0n) is 21.1. The molecule has 0 aromatic heterocycles. The van der Waals surface area contributed by atoms with Crippen molar-refractivity contribution < 1.29 is 22.7 Å². The number of hydrogen-bond donors (Lipinski definition) is 1. The van der Waals surface area contributed by atoms with Crippen LogP contribution in [0.2, 0.25) is 0 Å². The van der Waals surface area contributed by atoms with Crippen LogP contribution in [0.1, 0.15) is 32.3 Å². The van der Waals surface area contributed by atoms with Crippen LogP contribution in [0.4, 0.5) is 5.69 Å². The highest BCUT2D eigenvalue weighted by Gasteiger charge is 2.33. The molecule has 0 radical (unpaired) electrons. The van der Waals surface area contributed by atoms with Crippen molar-refractivity contribution in [2.45, 2.75) is 39.3 Å². The van der Waals surface area contributed by atoms with Gasteiger partial charge < -0.3 is 15.0 Å². The Labute approximate surface area is 208 Å². The number of benzene rings is 2. The lowest BCUT2D eigenvalue weighted by Gasteiger charge is -2.34. The third-order valence-corrected chi connectivity index (χ3v) is 7.31. The van der Waals surface area contributed by atoms with Crippen molar-refractivity contribution in [3.63, 3.8) is 0 Å². The van der Waals surface area contributed by atoms with E-state index in [1.54, 1.807) is 49.6 Å². The lowest BCUT2D eigenvalue weighted by atomic mass is 10.1. The predicted molar refractivity (Wildman–Crippen MR) is 137 cm³/mol. The van der Waals surface area contributed by atoms with Gasteiger partial charge in [-0.05, 0) is 42.7 Å². The molecular formula is C25H36N4O5S. The van der Waals surface area contributed by atoms with Crippen LogP contribution in [0.3, 0.4) is 0 Å². The number of methoxy groups -OCH3 is 1. The molecule has 0 bridgehead atoms. The summed E-state index contributed by atoms with van der Waals surface area (Å²) < 4.78 is 33.7. The molecule has 0 saturated heterocycles. The van der Waals surface area contributed by atoms with Crippen LogP contribution in [0, 0.1) is 0 Å². The fourth-order valence-electron chi connectivity index (χ4n) is 3.56. The molecule has 35 heavy (non-hydrogen) atoms. The maximum atomic E-state index is 13.7. The SMILES string of the molecule is CCCNC(=O)[C@@H](CC)N(Cc1cccc(OC)c1)C(=O)CN(c1ccccc1)S(=O)(=O)N(C)C. The quantitative estimate of drug-likeness (QED) is 0.452. The molecule has 1 N–H and O–H groups in total. The van der Waals surface area contributed by atoms with Crippen molar-refractivity contribution in [1.82, 2.24) is 14.5 Å². The Morgan fingerprint density at radius 2 is 1.71 bits per heavy atom. The zero-order chi connectivity index (χ0) is 26.0. The summed E-state index contributed by atoms with van der Waals surface area (Å²) >= 11 is 0. The number of amides is 2. The third kappa shape index (κ3) is 7.43. The van der Waals surface area contributed by atoms with Crippen LogP contribution < -0.4 is 14.4 Å². The Morgan fingerprint density at radius 3 is 2.29 bits per heavy atom. The van der Waals surface area contributed by atoms with E-state index in [0.717, 1.165) is 20.6 Å². The van der Waals surface area contributed by atoms with E-state index < -0.39 is 28.7 Å². The van der Waals surface area contributed by atoms with E-state index in [9.17, 15) is 18.0 Å². The Hall–Kier alpha value is -3.11. The summed E-state index contributed by atoms with van der Waals surface area (Å²) in [7, 11) is 0.409. The highest BCUT2D eigenvalue weighted by atomic mass is 32.2. The molecule has 0 aliphatic rings. The van der Waals surface area contributed by atoms with Gasteiger partial charge in [-0.2, -0.15) is 12.7 Å². The molecule has 0 heterocycles. The van der Waals surface area contributed by atoms with Gasteiger partial charge in [0.05, 0.1) is 12.8 Å². The first-order chi connectivity index (χ1) is 16.6. The smallest absolute Gasteiger partial charge is 0.304 e. The Kier molecular flexibility index (Phi) is 10.5. The predicted octanol–water partition coefficient (Wildman–Crippen LogP) is 2.64. The number of hydrogen-bond acceptors (Lipinski definition) is 5. The highest BCUT2D eigenvalue weighted by Crippen LogP contribution is 2.22. The van der Waals surface area contributed by atoms with Crippen molar-refractivity contribution in [2.24, 2.45) is 0 Å². The van der Waals surface area contributed by atoms with Crippen molar-refractivity contribution in [3.05, 3.63) is 60.2 Å². The van der Waals surface area contributed by atoms with Gasteiger partial charge in [0, 0.05) is 27.2 Å². The maximum Gasteiger partial charge on any atom is 0.304 e. The minimum absolute atomic E-state index is 0.124. The minimum Gasteiger partial charge on any atom is -0.497 e. The van der Waals surface area contributed by atoms with Gasteiger partial charge in [-0.3, -0.25) is 9.59 Å². The summed E-state index contributed by atoms with van der Waals surface area (Å²) in [6.07, 6.45) is 1.13. The van der Waals surface area contributed by atoms with Crippen LogP contribution in [-0.4, -0.2) is 69.8 Å². The molecule has 0 saturated carbocycles. The lowest BCUT2D eigenvalue weighted by molar-refractivity contribution is -0.140. The van der Waals surface area contributed by atoms with Gasteiger partial charge >= 0.3 is 10.2 Å². The first-order valence-electron chi connectivity index (χ1n) is 11.6. The van der Waals surface area contributed by atoms with Gasteiger partial charge in [-0.1, -0.05) is 44.2 Å². The van der Waals surface area contributed by atoms with E-state index in [1.807, 2.05) is 26.0 Å². The highest BCUT2D eigenvalue weighted by molar-refractivity contribution is 7.90. The number of carbonyl (C=O) groups is 2. The number of carbonyl (C=O) groups excluding carboxylic acids is 2. The summed E-state index contributed by atoms with van der Waals surface area (Å²) in [5.41, 5.74) is 1.13. The Bertz CT molecular complexity index is 1080. The van der Waals surface area contributed by atoms with Crippen LogP contribution in [0.15, 0.2) is 54.6 Å². The van der Waals surface area contributed by atoms with Gasteiger partial charge in [0.15, 0.2) is 0 Å². The van der Waals surface area contributed by atoms with Gasteiger partial charge in [-0.15, -0.1) is 0 Å². The first-order valence-corrected chi connectivity index (χ1v) is 13.0. The normalized spacial score (nSPS) is 12.2. The standard InChI is InChI=1S/C25H36N4O5S/c1-6-16-26-25(31)23(7-2)28(18-20-12-11-15-22(17-20)34-5)24(30)19-29(35(32,33)27(3)4)21-13-9-8-10-14-21/h8-15,17,23H,6-7,16,18-19H2,1-5H3,(H,26,31)/t23-/m1/s1. The molecule has 0 aliphatic carbocycles. The molecule has 192 valence electrons. The third-order valence-electron chi connectivity index (χ3n) is 5.49. The fraction of sp³-hybridized carbons (Fsp3) is 0.440. The molecule has 1 atom stereocenters. The molecule has 2 amide bonds. The van der Waals surface area contributed by atoms with E-state index in [-0.39, 0.29) is 12.5 Å². The molecule has 2 aromatic rings. The number of ether oxygens (including phenoxy) is 1. The summed E-state index contributed by atoms with van der Waals surface area (Å²) in [5.74, 6) is -0.132. The first kappa shape index (κ1) is 28.1. The maximum absolute atomic E-state index is 13.7. The molecule has 10 heteroatoms. The summed E-state index contributed by atoms with van der Waals surface area (Å²) in [6.45, 7) is 3.93. The number of anilines is 1. The van der Waals surface area contributed by atoms with Gasteiger partial charge in [-0.25, -0.2) is 4.31 Å². The monoisotopic (exact) mass is 504 g/mol. The number of nitrogens with one attached hydrogen (secondary N) is 1. The molecule has 2 rings (SSSR count). The van der Waals surface area contributed by atoms with Gasteiger partial charge in [0.25, 0.3) is 0 Å². The number of para-hydroxylation sites is 1. The Morgan fingerprint density at radius 1 is 1.03 bits per heavy atom. The second-order valence-corrected chi connectivity index (χ2v) is 10.3. The molecule has 9 nitrogen and oxygen atoms in total. The molecule has 0 unspecified atom stereocenters. The molecule has 0 fully saturated rings. The van der Waals surface area contributed by atoms with E-state index >= 15 is 0 Å².